The molecular weight excluding hydrogens is 444 g/mol. The Morgan fingerprint density at radius 2 is 1.97 bits per heavy atom. The maximum Gasteiger partial charge on any atom is 0.290 e. The molecule has 2 aliphatic heterocycles. The number of methoxy groups -OCH3 is 1. The van der Waals surface area contributed by atoms with Crippen molar-refractivity contribution in [1.82, 2.24) is 4.90 Å². The van der Waals surface area contributed by atoms with Crippen LogP contribution in [0.25, 0.3) is 11.0 Å². The van der Waals surface area contributed by atoms with E-state index in [2.05, 4.69) is 0 Å². The van der Waals surface area contributed by atoms with E-state index in [0.29, 0.717) is 33.8 Å². The van der Waals surface area contributed by atoms with Gasteiger partial charge in [0.25, 0.3) is 5.91 Å². The van der Waals surface area contributed by atoms with Crippen LogP contribution in [0.15, 0.2) is 51.7 Å². The van der Waals surface area contributed by atoms with Gasteiger partial charge < -0.3 is 23.7 Å². The molecular formula is C25H26ClN2O5+. The number of nitrogens with zero attached hydrogens (tertiary/aromatic N) is 1. The maximum atomic E-state index is 13.6. The fourth-order valence-electron chi connectivity index (χ4n) is 4.79. The number of morpholine rings is 1. The molecule has 33 heavy (non-hydrogen) atoms. The van der Waals surface area contributed by atoms with Crippen LogP contribution in [0.1, 0.15) is 34.1 Å². The summed E-state index contributed by atoms with van der Waals surface area (Å²) < 4.78 is 16.8. The summed E-state index contributed by atoms with van der Waals surface area (Å²) in [7, 11) is 1.60. The van der Waals surface area contributed by atoms with E-state index in [-0.39, 0.29) is 17.1 Å². The minimum atomic E-state index is -0.540. The van der Waals surface area contributed by atoms with Crippen molar-refractivity contribution < 1.29 is 23.6 Å². The van der Waals surface area contributed by atoms with Crippen molar-refractivity contribution in [3.05, 3.63) is 74.6 Å². The Morgan fingerprint density at radius 1 is 1.15 bits per heavy atom. The number of halogens is 1. The molecule has 0 bridgehead atoms. The van der Waals surface area contributed by atoms with Crippen LogP contribution in [0.5, 0.6) is 5.75 Å². The van der Waals surface area contributed by atoms with E-state index >= 15 is 0 Å². The molecule has 2 aliphatic rings. The summed E-state index contributed by atoms with van der Waals surface area (Å²) in [6.07, 6.45) is 0.815. The first-order valence-electron chi connectivity index (χ1n) is 11.2. The molecule has 5 rings (SSSR count). The molecule has 0 unspecified atom stereocenters. The van der Waals surface area contributed by atoms with Crippen LogP contribution in [0, 0.1) is 0 Å². The van der Waals surface area contributed by atoms with Crippen molar-refractivity contribution in [2.45, 2.75) is 12.5 Å². The maximum absolute atomic E-state index is 13.6. The molecule has 0 spiro atoms. The van der Waals surface area contributed by atoms with Gasteiger partial charge in [0.05, 0.1) is 43.9 Å². The lowest BCUT2D eigenvalue weighted by Crippen LogP contribution is -3.14. The van der Waals surface area contributed by atoms with Gasteiger partial charge in [0.1, 0.15) is 24.4 Å². The van der Waals surface area contributed by atoms with Gasteiger partial charge in [-0.25, -0.2) is 0 Å². The molecule has 172 valence electrons. The van der Waals surface area contributed by atoms with Crippen LogP contribution in [0.2, 0.25) is 5.02 Å². The lowest BCUT2D eigenvalue weighted by atomic mass is 9.98. The summed E-state index contributed by atoms with van der Waals surface area (Å²) in [5.41, 5.74) is 1.31. The molecule has 1 aromatic heterocycles. The van der Waals surface area contributed by atoms with Gasteiger partial charge in [-0.2, -0.15) is 0 Å². The summed E-state index contributed by atoms with van der Waals surface area (Å²) in [6.45, 7) is 4.94. The van der Waals surface area contributed by atoms with Gasteiger partial charge in [0.15, 0.2) is 5.43 Å². The minimum absolute atomic E-state index is 0.112. The van der Waals surface area contributed by atoms with E-state index in [1.165, 1.54) is 4.90 Å². The third-order valence-electron chi connectivity index (χ3n) is 6.47. The Morgan fingerprint density at radius 3 is 2.76 bits per heavy atom. The number of carbonyl (C=O) groups is 1. The molecule has 1 fully saturated rings. The zero-order chi connectivity index (χ0) is 22.9. The number of ether oxygens (including phenoxy) is 2. The number of fused-ring (bicyclic) bond motifs is 2. The number of hydrogen-bond acceptors (Lipinski definition) is 5. The smallest absolute Gasteiger partial charge is 0.290 e. The first-order valence-corrected chi connectivity index (χ1v) is 11.6. The number of carbonyl (C=O) groups excluding carboxylic acids is 1. The average Bonchev–Trinajstić information content (AvgIpc) is 3.12. The highest BCUT2D eigenvalue weighted by Gasteiger charge is 2.42. The van der Waals surface area contributed by atoms with Crippen molar-refractivity contribution in [3.63, 3.8) is 0 Å². The predicted molar refractivity (Wildman–Crippen MR) is 124 cm³/mol. The zero-order valence-electron chi connectivity index (χ0n) is 18.4. The molecule has 7 nitrogen and oxygen atoms in total. The Bertz CT molecular complexity index is 1250. The summed E-state index contributed by atoms with van der Waals surface area (Å²) in [5, 5.41) is 0.823. The number of quaternary nitrogens is 1. The molecule has 1 amide bonds. The van der Waals surface area contributed by atoms with Crippen LogP contribution in [0.3, 0.4) is 0 Å². The molecule has 1 saturated heterocycles. The van der Waals surface area contributed by atoms with Gasteiger partial charge in [0.2, 0.25) is 5.76 Å². The Kier molecular flexibility index (Phi) is 6.10. The van der Waals surface area contributed by atoms with Crippen molar-refractivity contribution in [2.75, 3.05) is 46.5 Å². The highest BCUT2D eigenvalue weighted by Crippen LogP contribution is 2.39. The van der Waals surface area contributed by atoms with E-state index in [1.54, 1.807) is 30.2 Å². The highest BCUT2D eigenvalue weighted by molar-refractivity contribution is 6.31. The lowest BCUT2D eigenvalue weighted by Gasteiger charge is -2.27. The molecule has 8 heteroatoms. The monoisotopic (exact) mass is 469 g/mol. The van der Waals surface area contributed by atoms with E-state index < -0.39 is 6.04 Å². The molecule has 0 saturated carbocycles. The van der Waals surface area contributed by atoms with Gasteiger partial charge in [0, 0.05) is 18.0 Å². The van der Waals surface area contributed by atoms with Gasteiger partial charge in [-0.3, -0.25) is 9.59 Å². The van der Waals surface area contributed by atoms with E-state index in [4.69, 9.17) is 25.5 Å². The largest absolute Gasteiger partial charge is 0.497 e. The molecule has 0 radical (unpaired) electrons. The Balaban J connectivity index is 1.55. The highest BCUT2D eigenvalue weighted by atomic mass is 35.5. The van der Waals surface area contributed by atoms with Gasteiger partial charge in [-0.05, 0) is 35.9 Å². The second-order valence-corrected chi connectivity index (χ2v) is 8.89. The average molecular weight is 470 g/mol. The van der Waals surface area contributed by atoms with Crippen LogP contribution in [-0.2, 0) is 4.74 Å². The van der Waals surface area contributed by atoms with Crippen LogP contribution in [0.4, 0.5) is 0 Å². The topological polar surface area (TPSA) is 73.4 Å². The van der Waals surface area contributed by atoms with Crippen LogP contribution < -0.4 is 15.1 Å². The van der Waals surface area contributed by atoms with Crippen molar-refractivity contribution in [1.29, 1.82) is 0 Å². The fourth-order valence-corrected chi connectivity index (χ4v) is 4.96. The summed E-state index contributed by atoms with van der Waals surface area (Å²) in [4.78, 5) is 30.3. The summed E-state index contributed by atoms with van der Waals surface area (Å²) in [6, 6.07) is 11.8. The lowest BCUT2D eigenvalue weighted by molar-refractivity contribution is -0.908. The van der Waals surface area contributed by atoms with Gasteiger partial charge >= 0.3 is 0 Å². The number of amides is 1. The first-order chi connectivity index (χ1) is 16.1. The first kappa shape index (κ1) is 21.9. The summed E-state index contributed by atoms with van der Waals surface area (Å²) in [5.74, 6) is 0.518. The second-order valence-electron chi connectivity index (χ2n) is 8.46. The Labute approximate surface area is 196 Å². The zero-order valence-corrected chi connectivity index (χ0v) is 19.2. The standard InChI is InChI=1S/C25H25ClN2O5/c1-31-18-5-2-4-16(14-18)22-21-23(29)19-15-17(26)6-7-20(19)33-24(21)25(30)28(22)9-3-8-27-10-12-32-13-11-27/h2,4-7,14-15,22H,3,8-13H2,1H3/p+1/t22-/m0/s1. The normalized spacial score (nSPS) is 18.7. The van der Waals surface area contributed by atoms with Gasteiger partial charge in [-0.15, -0.1) is 0 Å². The minimum Gasteiger partial charge on any atom is -0.497 e. The fraction of sp³-hybridized carbons (Fsp3) is 0.360. The number of nitrogens with one attached hydrogen (secondary N) is 1. The van der Waals surface area contributed by atoms with Crippen molar-refractivity contribution in [3.8, 4) is 5.75 Å². The third kappa shape index (κ3) is 4.12. The van der Waals surface area contributed by atoms with Crippen LogP contribution in [-0.4, -0.2) is 57.3 Å². The quantitative estimate of drug-likeness (QED) is 0.599. The molecule has 0 aliphatic carbocycles. The Hall–Kier alpha value is -2.87. The molecule has 2 aromatic carbocycles. The molecule has 3 aromatic rings. The van der Waals surface area contributed by atoms with Crippen molar-refractivity contribution in [2.24, 2.45) is 0 Å². The summed E-state index contributed by atoms with van der Waals surface area (Å²) >= 11 is 6.15. The molecule has 1 atom stereocenters. The second kappa shape index (κ2) is 9.17. The predicted octanol–water partition coefficient (Wildman–Crippen LogP) is 2.31. The molecule has 3 heterocycles. The van der Waals surface area contributed by atoms with E-state index in [9.17, 15) is 9.59 Å². The third-order valence-corrected chi connectivity index (χ3v) is 6.70. The van der Waals surface area contributed by atoms with Crippen LogP contribution >= 0.6 is 11.6 Å². The number of hydrogen-bond donors (Lipinski definition) is 1. The SMILES string of the molecule is COc1cccc([C@H]2c3c(oc4ccc(Cl)cc4c3=O)C(=O)N2CCC[NH+]2CCOCC2)c1. The number of rotatable bonds is 6. The molecule has 1 N–H and O–H groups in total. The van der Waals surface area contributed by atoms with Crippen molar-refractivity contribution >= 4 is 28.5 Å². The number of benzene rings is 2. The van der Waals surface area contributed by atoms with E-state index in [1.807, 2.05) is 24.3 Å². The van der Waals surface area contributed by atoms with E-state index in [0.717, 1.165) is 44.8 Å². The van der Waals surface area contributed by atoms with Gasteiger partial charge in [-0.1, -0.05) is 23.7 Å².